The Morgan fingerprint density at radius 1 is 1.17 bits per heavy atom. The zero-order valence-electron chi connectivity index (χ0n) is 16.9. The number of hydrogen-bond acceptors (Lipinski definition) is 3. The summed E-state index contributed by atoms with van der Waals surface area (Å²) in [4.78, 5) is 27.5. The van der Waals surface area contributed by atoms with E-state index in [9.17, 15) is 14.0 Å². The van der Waals surface area contributed by atoms with Crippen molar-refractivity contribution in [2.45, 2.75) is 25.7 Å². The van der Waals surface area contributed by atoms with Crippen molar-refractivity contribution in [3.8, 4) is 5.75 Å². The normalized spacial score (nSPS) is 18.5. The maximum Gasteiger partial charge on any atom is 0.253 e. The number of ether oxygens (including phenoxy) is 1. The van der Waals surface area contributed by atoms with Gasteiger partial charge in [0.25, 0.3) is 5.91 Å². The van der Waals surface area contributed by atoms with Gasteiger partial charge in [-0.3, -0.25) is 9.59 Å². The van der Waals surface area contributed by atoms with E-state index in [0.717, 1.165) is 24.2 Å². The smallest absolute Gasteiger partial charge is 0.253 e. The molecule has 6 heteroatoms. The maximum atomic E-state index is 13.2. The minimum absolute atomic E-state index is 0.0410. The lowest BCUT2D eigenvalue weighted by Gasteiger charge is -2.18. The first-order valence-corrected chi connectivity index (χ1v) is 10.00. The van der Waals surface area contributed by atoms with E-state index < -0.39 is 0 Å². The van der Waals surface area contributed by atoms with E-state index in [4.69, 9.17) is 4.74 Å². The zero-order valence-corrected chi connectivity index (χ0v) is 16.9. The topological polar surface area (TPSA) is 58.6 Å². The van der Waals surface area contributed by atoms with E-state index in [1.165, 1.54) is 24.3 Å². The fourth-order valence-electron chi connectivity index (χ4n) is 3.74. The summed E-state index contributed by atoms with van der Waals surface area (Å²) in [7, 11) is 1.60. The molecule has 0 spiro atoms. The van der Waals surface area contributed by atoms with Crippen LogP contribution in [0, 0.1) is 11.7 Å². The summed E-state index contributed by atoms with van der Waals surface area (Å²) in [5, 5.41) is 3.00. The summed E-state index contributed by atoms with van der Waals surface area (Å²) >= 11 is 0. The third-order valence-corrected chi connectivity index (χ3v) is 5.39. The summed E-state index contributed by atoms with van der Waals surface area (Å²) in [6.07, 6.45) is 1.92. The molecule has 0 unspecified atom stereocenters. The first kappa shape index (κ1) is 20.8. The highest BCUT2D eigenvalue weighted by atomic mass is 19.1. The highest BCUT2D eigenvalue weighted by Crippen LogP contribution is 2.35. The summed E-state index contributed by atoms with van der Waals surface area (Å²) in [5.74, 6) is -0.372. The van der Waals surface area contributed by atoms with E-state index in [1.807, 2.05) is 24.3 Å². The lowest BCUT2D eigenvalue weighted by Crippen LogP contribution is -2.36. The van der Waals surface area contributed by atoms with Gasteiger partial charge in [0, 0.05) is 31.1 Å². The van der Waals surface area contributed by atoms with Crippen LogP contribution in [0.25, 0.3) is 0 Å². The van der Waals surface area contributed by atoms with E-state index in [1.54, 1.807) is 12.0 Å². The van der Waals surface area contributed by atoms with Gasteiger partial charge in [-0.1, -0.05) is 25.5 Å². The molecule has 2 aromatic carbocycles. The van der Waals surface area contributed by atoms with Gasteiger partial charge in [0.2, 0.25) is 5.91 Å². The van der Waals surface area contributed by atoms with Crippen LogP contribution in [0.3, 0.4) is 0 Å². The third-order valence-electron chi connectivity index (χ3n) is 5.39. The molecule has 0 aliphatic carbocycles. The molecule has 0 saturated carbocycles. The summed E-state index contributed by atoms with van der Waals surface area (Å²) in [6, 6.07) is 13.1. The molecule has 154 valence electrons. The Morgan fingerprint density at radius 2 is 1.93 bits per heavy atom. The molecule has 2 atom stereocenters. The number of amides is 2. The van der Waals surface area contributed by atoms with Crippen molar-refractivity contribution in [3.05, 3.63) is 65.5 Å². The number of halogens is 1. The average molecular weight is 398 g/mol. The summed E-state index contributed by atoms with van der Waals surface area (Å²) in [6.45, 7) is 3.46. The van der Waals surface area contributed by atoms with Crippen LogP contribution >= 0.6 is 0 Å². The number of benzene rings is 2. The van der Waals surface area contributed by atoms with E-state index in [-0.39, 0.29) is 29.5 Å². The van der Waals surface area contributed by atoms with Crippen LogP contribution in [0.1, 0.15) is 41.6 Å². The van der Waals surface area contributed by atoms with Gasteiger partial charge in [-0.25, -0.2) is 4.39 Å². The summed E-state index contributed by atoms with van der Waals surface area (Å²) < 4.78 is 18.5. The van der Waals surface area contributed by atoms with Crippen molar-refractivity contribution in [2.24, 2.45) is 5.92 Å². The van der Waals surface area contributed by atoms with Gasteiger partial charge >= 0.3 is 0 Å². The van der Waals surface area contributed by atoms with Crippen LogP contribution in [0.15, 0.2) is 48.5 Å². The molecule has 1 N–H and O–H groups in total. The predicted molar refractivity (Wildman–Crippen MR) is 109 cm³/mol. The van der Waals surface area contributed by atoms with Crippen LogP contribution in [0.4, 0.5) is 4.39 Å². The van der Waals surface area contributed by atoms with E-state index >= 15 is 0 Å². The van der Waals surface area contributed by atoms with Crippen LogP contribution in [-0.2, 0) is 4.79 Å². The molecule has 29 heavy (non-hydrogen) atoms. The van der Waals surface area contributed by atoms with Crippen molar-refractivity contribution < 1.29 is 18.7 Å². The molecular weight excluding hydrogens is 371 g/mol. The number of nitrogens with one attached hydrogen (secondary N) is 1. The fourth-order valence-corrected chi connectivity index (χ4v) is 3.74. The van der Waals surface area contributed by atoms with Crippen molar-refractivity contribution in [3.63, 3.8) is 0 Å². The standard InChI is InChI=1S/C23H27FN2O3/c1-3-4-12-25-22(27)21-15-26(23(28)16-8-10-18(24)11-9-16)14-20(21)17-6-5-7-19(13-17)29-2/h5-11,13,20-21H,3-4,12,14-15H2,1-2H3,(H,25,27)/t20-,21+/m1/s1. The largest absolute Gasteiger partial charge is 0.497 e. The van der Waals surface area contributed by atoms with Crippen molar-refractivity contribution in [1.82, 2.24) is 10.2 Å². The maximum absolute atomic E-state index is 13.2. The Morgan fingerprint density at radius 3 is 2.62 bits per heavy atom. The predicted octanol–water partition coefficient (Wildman–Crippen LogP) is 3.61. The Kier molecular flexibility index (Phi) is 6.86. The number of rotatable bonds is 7. The van der Waals surface area contributed by atoms with Crippen LogP contribution in [0.5, 0.6) is 5.75 Å². The number of carbonyl (C=O) groups is 2. The van der Waals surface area contributed by atoms with Gasteiger partial charge in [0.1, 0.15) is 11.6 Å². The molecule has 1 saturated heterocycles. The monoisotopic (exact) mass is 398 g/mol. The van der Waals surface area contributed by atoms with Crippen molar-refractivity contribution in [1.29, 1.82) is 0 Å². The first-order valence-electron chi connectivity index (χ1n) is 10.00. The Hall–Kier alpha value is -2.89. The number of methoxy groups -OCH3 is 1. The number of nitrogens with zero attached hydrogens (tertiary/aromatic N) is 1. The second-order valence-electron chi connectivity index (χ2n) is 7.35. The molecule has 0 bridgehead atoms. The molecule has 1 heterocycles. The minimum atomic E-state index is -0.384. The number of hydrogen-bond donors (Lipinski definition) is 1. The molecule has 2 amide bonds. The fraction of sp³-hybridized carbons (Fsp3) is 0.391. The highest BCUT2D eigenvalue weighted by Gasteiger charge is 2.40. The van der Waals surface area contributed by atoms with Crippen molar-refractivity contribution >= 4 is 11.8 Å². The lowest BCUT2D eigenvalue weighted by atomic mass is 9.88. The molecular formula is C23H27FN2O3. The third kappa shape index (κ3) is 4.94. The van der Waals surface area contributed by atoms with Gasteiger partial charge in [0.15, 0.2) is 0 Å². The number of carbonyl (C=O) groups excluding carboxylic acids is 2. The number of likely N-dealkylation sites (tertiary alicyclic amines) is 1. The molecule has 0 aromatic heterocycles. The number of unbranched alkanes of at least 4 members (excludes halogenated alkanes) is 1. The minimum Gasteiger partial charge on any atom is -0.497 e. The molecule has 1 aliphatic rings. The first-order chi connectivity index (χ1) is 14.0. The molecule has 2 aromatic rings. The second-order valence-corrected chi connectivity index (χ2v) is 7.35. The SMILES string of the molecule is CCCCNC(=O)[C@H]1CN(C(=O)c2ccc(F)cc2)C[C@@H]1c1cccc(OC)c1. The Balaban J connectivity index is 1.83. The highest BCUT2D eigenvalue weighted by molar-refractivity contribution is 5.95. The van der Waals surface area contributed by atoms with Crippen molar-refractivity contribution in [2.75, 3.05) is 26.7 Å². The van der Waals surface area contributed by atoms with Gasteiger partial charge in [-0.2, -0.15) is 0 Å². The van der Waals surface area contributed by atoms with Gasteiger partial charge < -0.3 is 15.0 Å². The van der Waals surface area contributed by atoms with E-state index in [2.05, 4.69) is 12.2 Å². The van der Waals surface area contributed by atoms with Gasteiger partial charge in [0.05, 0.1) is 13.0 Å². The zero-order chi connectivity index (χ0) is 20.8. The van der Waals surface area contributed by atoms with Crippen LogP contribution in [0.2, 0.25) is 0 Å². The van der Waals surface area contributed by atoms with Crippen LogP contribution in [-0.4, -0.2) is 43.5 Å². The summed E-state index contributed by atoms with van der Waals surface area (Å²) in [5.41, 5.74) is 1.39. The van der Waals surface area contributed by atoms with E-state index in [0.29, 0.717) is 25.2 Å². The Bertz CT molecular complexity index is 853. The molecule has 1 aliphatic heterocycles. The van der Waals surface area contributed by atoms with Crippen LogP contribution < -0.4 is 10.1 Å². The molecule has 5 nitrogen and oxygen atoms in total. The second kappa shape index (κ2) is 9.54. The molecule has 3 rings (SSSR count). The lowest BCUT2D eigenvalue weighted by molar-refractivity contribution is -0.124. The van der Waals surface area contributed by atoms with Gasteiger partial charge in [-0.15, -0.1) is 0 Å². The quantitative estimate of drug-likeness (QED) is 0.725. The molecule has 0 radical (unpaired) electrons. The average Bonchev–Trinajstić information content (AvgIpc) is 3.19. The molecule has 1 fully saturated rings. The van der Waals surface area contributed by atoms with Gasteiger partial charge in [-0.05, 0) is 48.4 Å². The Labute approximate surface area is 170 Å².